The first-order valence-electron chi connectivity index (χ1n) is 5.59. The Kier molecular flexibility index (Phi) is 4.99. The Hall–Kier alpha value is -1.04. The standard InChI is InChI=1S/C12H19BO4/c1-12(2,16-3)8-9-17-11-6-4-10(5-7-11)13(14)15/h4-7,14-15H,8-9H2,1-3H3. The third kappa shape index (κ3) is 4.77. The van der Waals surface area contributed by atoms with Crippen LogP contribution in [0, 0.1) is 0 Å². The van der Waals surface area contributed by atoms with Gasteiger partial charge in [0.15, 0.2) is 0 Å². The number of rotatable bonds is 6. The molecule has 0 aliphatic heterocycles. The zero-order valence-electron chi connectivity index (χ0n) is 10.5. The third-order valence-corrected chi connectivity index (χ3v) is 2.70. The molecule has 0 saturated heterocycles. The lowest BCUT2D eigenvalue weighted by Crippen LogP contribution is -2.29. The maximum atomic E-state index is 8.93. The highest BCUT2D eigenvalue weighted by molar-refractivity contribution is 6.58. The minimum Gasteiger partial charge on any atom is -0.493 e. The molecule has 0 bridgehead atoms. The summed E-state index contributed by atoms with van der Waals surface area (Å²) in [4.78, 5) is 0. The van der Waals surface area contributed by atoms with Gasteiger partial charge in [-0.25, -0.2) is 0 Å². The molecule has 4 nitrogen and oxygen atoms in total. The molecule has 17 heavy (non-hydrogen) atoms. The molecule has 0 saturated carbocycles. The molecule has 1 aromatic rings. The second-order valence-corrected chi connectivity index (χ2v) is 4.50. The van der Waals surface area contributed by atoms with E-state index in [9.17, 15) is 0 Å². The van der Waals surface area contributed by atoms with Crippen LogP contribution < -0.4 is 10.2 Å². The van der Waals surface area contributed by atoms with E-state index in [2.05, 4.69) is 0 Å². The molecule has 0 atom stereocenters. The molecule has 0 spiro atoms. The van der Waals surface area contributed by atoms with Gasteiger partial charge < -0.3 is 19.5 Å². The Bertz CT molecular complexity index is 335. The molecule has 0 heterocycles. The molecular weight excluding hydrogens is 219 g/mol. The summed E-state index contributed by atoms with van der Waals surface area (Å²) in [7, 11) is 0.244. The van der Waals surface area contributed by atoms with Gasteiger partial charge in [0.1, 0.15) is 5.75 Å². The van der Waals surface area contributed by atoms with Gasteiger partial charge in [-0.2, -0.15) is 0 Å². The topological polar surface area (TPSA) is 58.9 Å². The van der Waals surface area contributed by atoms with E-state index in [1.807, 2.05) is 13.8 Å². The van der Waals surface area contributed by atoms with Crippen molar-refractivity contribution in [1.82, 2.24) is 0 Å². The normalized spacial score (nSPS) is 11.4. The largest absolute Gasteiger partial charge is 0.493 e. The van der Waals surface area contributed by atoms with Gasteiger partial charge >= 0.3 is 7.12 Å². The Morgan fingerprint density at radius 2 is 1.76 bits per heavy atom. The molecule has 0 aromatic heterocycles. The highest BCUT2D eigenvalue weighted by atomic mass is 16.5. The molecule has 0 aliphatic rings. The number of benzene rings is 1. The van der Waals surface area contributed by atoms with E-state index < -0.39 is 7.12 Å². The molecule has 5 heteroatoms. The van der Waals surface area contributed by atoms with Crippen molar-refractivity contribution in [3.05, 3.63) is 24.3 Å². The van der Waals surface area contributed by atoms with Crippen LogP contribution in [0.4, 0.5) is 0 Å². The summed E-state index contributed by atoms with van der Waals surface area (Å²) in [5.41, 5.74) is 0.260. The molecular formula is C12H19BO4. The zero-order valence-corrected chi connectivity index (χ0v) is 10.5. The summed E-state index contributed by atoms with van der Waals surface area (Å²) in [6, 6.07) is 6.69. The fourth-order valence-corrected chi connectivity index (χ4v) is 1.25. The van der Waals surface area contributed by atoms with Crippen molar-refractivity contribution < 1.29 is 19.5 Å². The molecule has 0 amide bonds. The van der Waals surface area contributed by atoms with Crippen molar-refractivity contribution in [1.29, 1.82) is 0 Å². The first-order valence-corrected chi connectivity index (χ1v) is 5.59. The summed E-state index contributed by atoms with van der Waals surface area (Å²) in [6.07, 6.45) is 0.786. The molecule has 1 aromatic carbocycles. The molecule has 1 rings (SSSR count). The Balaban J connectivity index is 2.42. The smallest absolute Gasteiger partial charge is 0.488 e. The van der Waals surface area contributed by atoms with E-state index in [4.69, 9.17) is 19.5 Å². The summed E-state index contributed by atoms with van der Waals surface area (Å²) in [5.74, 6) is 0.710. The molecule has 2 N–H and O–H groups in total. The van der Waals surface area contributed by atoms with Gasteiger partial charge in [0.25, 0.3) is 0 Å². The number of hydrogen-bond acceptors (Lipinski definition) is 4. The fourth-order valence-electron chi connectivity index (χ4n) is 1.25. The van der Waals surface area contributed by atoms with Crippen LogP contribution in [0.25, 0.3) is 0 Å². The SMILES string of the molecule is COC(C)(C)CCOc1ccc(B(O)O)cc1. The number of ether oxygens (including phenoxy) is 2. The quantitative estimate of drug-likeness (QED) is 0.711. The van der Waals surface area contributed by atoms with Crippen LogP contribution in [-0.4, -0.2) is 36.5 Å². The Morgan fingerprint density at radius 1 is 1.18 bits per heavy atom. The molecule has 0 unspecified atom stereocenters. The second-order valence-electron chi connectivity index (χ2n) is 4.50. The van der Waals surface area contributed by atoms with E-state index >= 15 is 0 Å². The minimum atomic E-state index is -1.43. The first kappa shape index (κ1) is 14.0. The van der Waals surface area contributed by atoms with Crippen molar-refractivity contribution in [2.24, 2.45) is 0 Å². The van der Waals surface area contributed by atoms with E-state index in [0.29, 0.717) is 17.8 Å². The maximum Gasteiger partial charge on any atom is 0.488 e. The van der Waals surface area contributed by atoms with Crippen molar-refractivity contribution in [3.8, 4) is 5.75 Å². The fraction of sp³-hybridized carbons (Fsp3) is 0.500. The minimum absolute atomic E-state index is 0.193. The Labute approximate surface area is 102 Å². The third-order valence-electron chi connectivity index (χ3n) is 2.70. The summed E-state index contributed by atoms with van der Waals surface area (Å²) in [5, 5.41) is 17.9. The van der Waals surface area contributed by atoms with E-state index in [1.54, 1.807) is 31.4 Å². The monoisotopic (exact) mass is 238 g/mol. The van der Waals surface area contributed by atoms with Crippen molar-refractivity contribution in [2.75, 3.05) is 13.7 Å². The summed E-state index contributed by atoms with van der Waals surface area (Å²) >= 11 is 0. The predicted molar refractivity (Wildman–Crippen MR) is 67.5 cm³/mol. The van der Waals surface area contributed by atoms with Gasteiger partial charge in [-0.15, -0.1) is 0 Å². The molecule has 0 aliphatic carbocycles. The van der Waals surface area contributed by atoms with Gasteiger partial charge in [-0.05, 0) is 31.4 Å². The average molecular weight is 238 g/mol. The number of methoxy groups -OCH3 is 1. The van der Waals surface area contributed by atoms with Crippen LogP contribution in [-0.2, 0) is 4.74 Å². The lowest BCUT2D eigenvalue weighted by Gasteiger charge is -2.22. The van der Waals surface area contributed by atoms with Crippen LogP contribution in [0.3, 0.4) is 0 Å². The van der Waals surface area contributed by atoms with Crippen LogP contribution >= 0.6 is 0 Å². The highest BCUT2D eigenvalue weighted by Crippen LogP contribution is 2.14. The lowest BCUT2D eigenvalue weighted by atomic mass is 9.80. The zero-order chi connectivity index (χ0) is 12.9. The van der Waals surface area contributed by atoms with Crippen LogP contribution in [0.1, 0.15) is 20.3 Å². The van der Waals surface area contributed by atoms with Crippen molar-refractivity contribution in [2.45, 2.75) is 25.9 Å². The average Bonchev–Trinajstić information content (AvgIpc) is 2.29. The van der Waals surface area contributed by atoms with Crippen molar-refractivity contribution in [3.63, 3.8) is 0 Å². The highest BCUT2D eigenvalue weighted by Gasteiger charge is 2.16. The van der Waals surface area contributed by atoms with Crippen molar-refractivity contribution >= 4 is 12.6 Å². The lowest BCUT2D eigenvalue weighted by molar-refractivity contribution is 0.00546. The maximum absolute atomic E-state index is 8.93. The van der Waals surface area contributed by atoms with Gasteiger partial charge in [0.2, 0.25) is 0 Å². The van der Waals surface area contributed by atoms with Gasteiger partial charge in [0.05, 0.1) is 12.2 Å². The Morgan fingerprint density at radius 3 is 2.24 bits per heavy atom. The predicted octanol–water partition coefficient (Wildman–Crippen LogP) is 0.560. The van der Waals surface area contributed by atoms with E-state index in [0.717, 1.165) is 6.42 Å². The van der Waals surface area contributed by atoms with Crippen LogP contribution in [0.15, 0.2) is 24.3 Å². The first-order chi connectivity index (χ1) is 7.94. The molecule has 0 fully saturated rings. The number of hydrogen-bond donors (Lipinski definition) is 2. The molecule has 94 valence electrons. The van der Waals surface area contributed by atoms with Crippen LogP contribution in [0.5, 0.6) is 5.75 Å². The van der Waals surface area contributed by atoms with Gasteiger partial charge in [-0.1, -0.05) is 12.1 Å². The van der Waals surface area contributed by atoms with E-state index in [-0.39, 0.29) is 5.60 Å². The van der Waals surface area contributed by atoms with Gasteiger partial charge in [0, 0.05) is 13.5 Å². The second kappa shape index (κ2) is 6.05. The summed E-state index contributed by atoms with van der Waals surface area (Å²) in [6.45, 7) is 4.56. The molecule has 0 radical (unpaired) electrons. The van der Waals surface area contributed by atoms with E-state index in [1.165, 1.54) is 0 Å². The van der Waals surface area contributed by atoms with Gasteiger partial charge in [-0.3, -0.25) is 0 Å². The summed E-state index contributed by atoms with van der Waals surface area (Å²) < 4.78 is 10.8. The van der Waals surface area contributed by atoms with Crippen LogP contribution in [0.2, 0.25) is 0 Å².